The lowest BCUT2D eigenvalue weighted by atomic mass is 10.0. The molecule has 6 nitrogen and oxygen atoms in total. The number of rotatable bonds is 6. The highest BCUT2D eigenvalue weighted by molar-refractivity contribution is 5.79. The van der Waals surface area contributed by atoms with Crippen molar-refractivity contribution in [2.75, 3.05) is 19.1 Å². The Morgan fingerprint density at radius 3 is 2.88 bits per heavy atom. The number of likely N-dealkylation sites (tertiary alicyclic amines) is 1. The second-order valence-corrected chi connectivity index (χ2v) is 6.18. The minimum absolute atomic E-state index is 0.111. The van der Waals surface area contributed by atoms with Gasteiger partial charge in [0.25, 0.3) is 0 Å². The van der Waals surface area contributed by atoms with Gasteiger partial charge in [0.15, 0.2) is 0 Å². The van der Waals surface area contributed by atoms with Crippen LogP contribution in [0.4, 0.5) is 5.69 Å². The van der Waals surface area contributed by atoms with E-state index in [4.69, 9.17) is 15.7 Å². The highest BCUT2D eigenvalue weighted by Crippen LogP contribution is 2.33. The minimum Gasteiger partial charge on any atom is -0.496 e. The molecule has 1 aliphatic rings. The highest BCUT2D eigenvalue weighted by atomic mass is 16.5. The highest BCUT2D eigenvalue weighted by Gasteiger charge is 2.29. The number of benzene rings is 2. The number of anilines is 1. The van der Waals surface area contributed by atoms with Gasteiger partial charge < -0.3 is 15.4 Å². The van der Waals surface area contributed by atoms with Gasteiger partial charge in [0, 0.05) is 31.1 Å². The van der Waals surface area contributed by atoms with Crippen molar-refractivity contribution in [3.63, 3.8) is 0 Å². The van der Waals surface area contributed by atoms with Crippen LogP contribution in [0, 0.1) is 0 Å². The number of amides is 1. The smallest absolute Gasteiger partial charge is 0.223 e. The fourth-order valence-electron chi connectivity index (χ4n) is 3.29. The van der Waals surface area contributed by atoms with Crippen LogP contribution in [0.3, 0.4) is 0 Å². The van der Waals surface area contributed by atoms with Gasteiger partial charge in [-0.3, -0.25) is 15.5 Å². The van der Waals surface area contributed by atoms with E-state index in [-0.39, 0.29) is 11.9 Å². The Balaban J connectivity index is 1.93. The normalized spacial score (nSPS) is 17.0. The summed E-state index contributed by atoms with van der Waals surface area (Å²) < 4.78 is 5.48. The average Bonchev–Trinajstić information content (AvgIpc) is 3.01. The number of ether oxygens (including phenoxy) is 1. The molecule has 3 rings (SSSR count). The van der Waals surface area contributed by atoms with E-state index in [0.29, 0.717) is 25.2 Å². The summed E-state index contributed by atoms with van der Waals surface area (Å²) in [5.74, 6) is 0.890. The van der Waals surface area contributed by atoms with Gasteiger partial charge in [-0.1, -0.05) is 18.2 Å². The van der Waals surface area contributed by atoms with Gasteiger partial charge in [-0.05, 0) is 41.8 Å². The number of hydrogen-bond donors (Lipinski definition) is 3. The molecule has 0 bridgehead atoms. The molecule has 2 aromatic rings. The van der Waals surface area contributed by atoms with E-state index in [1.807, 2.05) is 41.3 Å². The third kappa shape index (κ3) is 3.60. The van der Waals surface area contributed by atoms with Crippen molar-refractivity contribution in [1.29, 1.82) is 0 Å². The summed E-state index contributed by atoms with van der Waals surface area (Å²) in [6.45, 7) is 1.02. The second kappa shape index (κ2) is 7.55. The van der Waals surface area contributed by atoms with Crippen molar-refractivity contribution in [3.8, 4) is 16.9 Å². The molecular weight excluding hydrogens is 318 g/mol. The van der Waals surface area contributed by atoms with Crippen molar-refractivity contribution in [3.05, 3.63) is 48.0 Å². The van der Waals surface area contributed by atoms with Crippen molar-refractivity contribution in [2.24, 2.45) is 5.73 Å². The Morgan fingerprint density at radius 2 is 2.16 bits per heavy atom. The first kappa shape index (κ1) is 17.3. The van der Waals surface area contributed by atoms with Gasteiger partial charge in [0.2, 0.25) is 5.91 Å². The van der Waals surface area contributed by atoms with Crippen LogP contribution in [-0.4, -0.2) is 35.7 Å². The van der Waals surface area contributed by atoms with Crippen LogP contribution in [0.2, 0.25) is 0 Å². The number of nitrogens with two attached hydrogens (primary N) is 1. The summed E-state index contributed by atoms with van der Waals surface area (Å²) in [4.78, 5) is 14.0. The summed E-state index contributed by atoms with van der Waals surface area (Å²) in [7, 11) is 1.63. The van der Waals surface area contributed by atoms with E-state index >= 15 is 0 Å². The van der Waals surface area contributed by atoms with E-state index < -0.39 is 0 Å². The van der Waals surface area contributed by atoms with Crippen molar-refractivity contribution < 1.29 is 14.7 Å². The average molecular weight is 341 g/mol. The lowest BCUT2D eigenvalue weighted by Gasteiger charge is -2.24. The zero-order valence-electron chi connectivity index (χ0n) is 14.2. The molecule has 1 aliphatic heterocycles. The fourth-order valence-corrected chi connectivity index (χ4v) is 3.29. The Hall–Kier alpha value is -2.57. The summed E-state index contributed by atoms with van der Waals surface area (Å²) in [6.07, 6.45) is 1.39. The molecule has 1 fully saturated rings. The molecule has 1 unspecified atom stereocenters. The zero-order chi connectivity index (χ0) is 17.8. The zero-order valence-corrected chi connectivity index (χ0v) is 14.2. The molecule has 2 aromatic carbocycles. The third-order valence-electron chi connectivity index (χ3n) is 4.64. The van der Waals surface area contributed by atoms with Crippen molar-refractivity contribution in [2.45, 2.75) is 25.4 Å². The minimum atomic E-state index is 0.111. The molecule has 1 saturated heterocycles. The molecule has 0 aromatic heterocycles. The molecule has 1 atom stereocenters. The van der Waals surface area contributed by atoms with Crippen LogP contribution in [0.25, 0.3) is 11.1 Å². The number of carbonyl (C=O) groups is 1. The molecular formula is C19H23N3O3. The Morgan fingerprint density at radius 1 is 1.32 bits per heavy atom. The molecule has 4 N–H and O–H groups in total. The van der Waals surface area contributed by atoms with E-state index in [9.17, 15) is 4.79 Å². The van der Waals surface area contributed by atoms with Gasteiger partial charge in [-0.25, -0.2) is 0 Å². The third-order valence-corrected chi connectivity index (χ3v) is 4.64. The molecule has 0 radical (unpaired) electrons. The van der Waals surface area contributed by atoms with Crippen LogP contribution in [0.15, 0.2) is 42.5 Å². The maximum absolute atomic E-state index is 12.1. The molecule has 1 amide bonds. The van der Waals surface area contributed by atoms with Gasteiger partial charge in [0.05, 0.1) is 12.8 Å². The number of hydrogen-bond acceptors (Lipinski definition) is 5. The second-order valence-electron chi connectivity index (χ2n) is 6.18. The molecule has 6 heteroatoms. The van der Waals surface area contributed by atoms with Crippen LogP contribution >= 0.6 is 0 Å². The topological polar surface area (TPSA) is 87.8 Å². The summed E-state index contributed by atoms with van der Waals surface area (Å²) in [6, 6.07) is 13.4. The SMILES string of the molecule is COc1ccc(CN2C(=O)CCC2CN)cc1-c1cccc(NO)c1. The summed E-state index contributed by atoms with van der Waals surface area (Å²) in [5.41, 5.74) is 11.4. The van der Waals surface area contributed by atoms with Crippen LogP contribution in [0.5, 0.6) is 5.75 Å². The van der Waals surface area contributed by atoms with E-state index in [0.717, 1.165) is 28.9 Å². The van der Waals surface area contributed by atoms with Crippen LogP contribution in [-0.2, 0) is 11.3 Å². The molecule has 25 heavy (non-hydrogen) atoms. The van der Waals surface area contributed by atoms with Gasteiger partial charge in [0.1, 0.15) is 5.75 Å². The molecule has 0 saturated carbocycles. The lowest BCUT2D eigenvalue weighted by molar-refractivity contribution is -0.129. The van der Waals surface area contributed by atoms with Crippen molar-refractivity contribution in [1.82, 2.24) is 4.90 Å². The quantitative estimate of drug-likeness (QED) is 0.703. The lowest BCUT2D eigenvalue weighted by Crippen LogP contribution is -2.37. The number of carbonyl (C=O) groups excluding carboxylic acids is 1. The largest absolute Gasteiger partial charge is 0.496 e. The Kier molecular flexibility index (Phi) is 5.21. The van der Waals surface area contributed by atoms with E-state index in [2.05, 4.69) is 5.48 Å². The van der Waals surface area contributed by atoms with Crippen LogP contribution < -0.4 is 16.0 Å². The van der Waals surface area contributed by atoms with Gasteiger partial charge in [-0.2, -0.15) is 0 Å². The molecule has 0 spiro atoms. The molecule has 132 valence electrons. The van der Waals surface area contributed by atoms with E-state index in [1.54, 1.807) is 13.2 Å². The van der Waals surface area contributed by atoms with E-state index in [1.165, 1.54) is 0 Å². The van der Waals surface area contributed by atoms with Crippen LogP contribution in [0.1, 0.15) is 18.4 Å². The summed E-state index contributed by atoms with van der Waals surface area (Å²) in [5, 5.41) is 9.13. The maximum Gasteiger partial charge on any atom is 0.223 e. The number of methoxy groups -OCH3 is 1. The molecule has 1 heterocycles. The Labute approximate surface area is 147 Å². The predicted molar refractivity (Wildman–Crippen MR) is 96.5 cm³/mol. The maximum atomic E-state index is 12.1. The monoisotopic (exact) mass is 341 g/mol. The van der Waals surface area contributed by atoms with Gasteiger partial charge in [-0.15, -0.1) is 0 Å². The molecule has 0 aliphatic carbocycles. The first-order valence-corrected chi connectivity index (χ1v) is 8.33. The number of nitrogens with zero attached hydrogens (tertiary/aromatic N) is 1. The first-order valence-electron chi connectivity index (χ1n) is 8.33. The standard InChI is InChI=1S/C19H23N3O3/c1-25-18-7-5-13(12-22-16(11-20)6-8-19(22)23)9-17(18)14-3-2-4-15(10-14)21-24/h2-5,7,9-10,16,21,24H,6,8,11-12,20H2,1H3. The fraction of sp³-hybridized carbons (Fsp3) is 0.316. The van der Waals surface area contributed by atoms with Gasteiger partial charge >= 0.3 is 0 Å². The number of nitrogens with one attached hydrogen (secondary N) is 1. The van der Waals surface area contributed by atoms with Crippen molar-refractivity contribution >= 4 is 11.6 Å². The first-order chi connectivity index (χ1) is 12.2. The Bertz CT molecular complexity index is 763. The predicted octanol–water partition coefficient (Wildman–Crippen LogP) is 2.61. The summed E-state index contributed by atoms with van der Waals surface area (Å²) >= 11 is 0.